The van der Waals surface area contributed by atoms with Gasteiger partial charge in [0.1, 0.15) is 0 Å². The molecule has 0 aliphatic rings. The van der Waals surface area contributed by atoms with Gasteiger partial charge in [0.25, 0.3) is 0 Å². The van der Waals surface area contributed by atoms with Crippen LogP contribution < -0.4 is 4.90 Å². The van der Waals surface area contributed by atoms with Gasteiger partial charge in [0.05, 0.1) is 36.9 Å². The molecule has 0 saturated heterocycles. The van der Waals surface area contributed by atoms with Gasteiger partial charge in [-0.3, -0.25) is 9.78 Å². The third kappa shape index (κ3) is 5.90. The van der Waals surface area contributed by atoms with Crippen LogP contribution in [0.15, 0.2) is 60.8 Å². The summed E-state index contributed by atoms with van der Waals surface area (Å²) in [5.41, 5.74) is 2.83. The van der Waals surface area contributed by atoms with Crippen molar-refractivity contribution in [1.82, 2.24) is 4.98 Å². The Labute approximate surface area is 203 Å². The van der Waals surface area contributed by atoms with Crippen molar-refractivity contribution < 1.29 is 18.8 Å². The van der Waals surface area contributed by atoms with E-state index in [9.17, 15) is 9.59 Å². The molecule has 0 bridgehead atoms. The van der Waals surface area contributed by atoms with Crippen LogP contribution in [0.25, 0.3) is 10.9 Å². The van der Waals surface area contributed by atoms with Crippen LogP contribution in [0.5, 0.6) is 0 Å². The number of carbonyl (C=O) groups excluding carboxylic acids is 2. The van der Waals surface area contributed by atoms with E-state index in [1.807, 2.05) is 30.3 Å². The minimum atomic E-state index is -1.95. The molecule has 0 atom stereocenters. The number of benzene rings is 2. The summed E-state index contributed by atoms with van der Waals surface area (Å²) in [6.45, 7) is 11.9. The molecule has 3 aromatic rings. The second-order valence-electron chi connectivity index (χ2n) is 9.87. The zero-order valence-corrected chi connectivity index (χ0v) is 21.9. The second-order valence-corrected chi connectivity index (χ2v) is 14.7. The van der Waals surface area contributed by atoms with Crippen molar-refractivity contribution in [2.75, 3.05) is 25.2 Å². The summed E-state index contributed by atoms with van der Waals surface area (Å²) in [6.07, 6.45) is 1.94. The van der Waals surface area contributed by atoms with Crippen LogP contribution in [0.4, 0.5) is 5.69 Å². The maximum absolute atomic E-state index is 13.5. The van der Waals surface area contributed by atoms with Gasteiger partial charge < -0.3 is 14.1 Å². The number of esters is 1. The van der Waals surface area contributed by atoms with Crippen LogP contribution in [0.1, 0.15) is 36.7 Å². The zero-order chi connectivity index (χ0) is 24.9. The first kappa shape index (κ1) is 25.6. The van der Waals surface area contributed by atoms with E-state index >= 15 is 0 Å². The molecule has 0 aliphatic heterocycles. The minimum Gasteiger partial charge on any atom is -0.465 e. The number of ether oxygens (including phenoxy) is 1. The van der Waals surface area contributed by atoms with Crippen molar-refractivity contribution in [3.63, 3.8) is 0 Å². The molecule has 0 spiro atoms. The minimum absolute atomic E-state index is 0.0530. The Morgan fingerprint density at radius 2 is 1.68 bits per heavy atom. The number of nitrogens with zero attached hydrogens (tertiary/aromatic N) is 2. The normalized spacial score (nSPS) is 11.9. The number of para-hydroxylation sites is 1. The molecular weight excluding hydrogens is 444 g/mol. The maximum atomic E-state index is 13.5. The molecule has 0 unspecified atom stereocenters. The van der Waals surface area contributed by atoms with Gasteiger partial charge in [-0.2, -0.15) is 0 Å². The molecule has 0 radical (unpaired) electrons. The lowest BCUT2D eigenvalue weighted by Crippen LogP contribution is -2.44. The number of fused-ring (bicyclic) bond motifs is 1. The fraction of sp³-hybridized carbons (Fsp3) is 0.370. The van der Waals surface area contributed by atoms with Crippen LogP contribution in [-0.2, 0) is 20.4 Å². The smallest absolute Gasteiger partial charge is 0.337 e. The SMILES string of the molecule is COC(=O)c1ccc(CC(=O)N(CCO[Si](C)(C)C(C)(C)C)c2cccc3cccnc23)cc1. The second kappa shape index (κ2) is 10.5. The highest BCUT2D eigenvalue weighted by atomic mass is 28.4. The van der Waals surface area contributed by atoms with E-state index in [-0.39, 0.29) is 17.4 Å². The van der Waals surface area contributed by atoms with E-state index in [0.717, 1.165) is 22.2 Å². The first-order chi connectivity index (χ1) is 16.0. The Balaban J connectivity index is 1.86. The number of aromatic nitrogens is 1. The summed E-state index contributed by atoms with van der Waals surface area (Å²) in [4.78, 5) is 31.6. The molecule has 1 aromatic heterocycles. The molecule has 0 fully saturated rings. The van der Waals surface area contributed by atoms with Crippen LogP contribution in [-0.4, -0.2) is 45.4 Å². The van der Waals surface area contributed by atoms with E-state index in [1.165, 1.54) is 7.11 Å². The van der Waals surface area contributed by atoms with Crippen molar-refractivity contribution in [3.8, 4) is 0 Å². The fourth-order valence-corrected chi connectivity index (χ4v) is 4.48. The summed E-state index contributed by atoms with van der Waals surface area (Å²) in [5, 5.41) is 1.06. The highest BCUT2D eigenvalue weighted by Gasteiger charge is 2.37. The highest BCUT2D eigenvalue weighted by Crippen LogP contribution is 2.36. The molecule has 6 nitrogen and oxygen atoms in total. The molecule has 1 heterocycles. The maximum Gasteiger partial charge on any atom is 0.337 e. The zero-order valence-electron chi connectivity index (χ0n) is 20.9. The molecule has 7 heteroatoms. The van der Waals surface area contributed by atoms with Crippen molar-refractivity contribution in [3.05, 3.63) is 71.9 Å². The Morgan fingerprint density at radius 3 is 2.32 bits per heavy atom. The highest BCUT2D eigenvalue weighted by molar-refractivity contribution is 6.74. The fourth-order valence-electron chi connectivity index (χ4n) is 3.44. The van der Waals surface area contributed by atoms with Crippen molar-refractivity contribution in [2.45, 2.75) is 45.3 Å². The number of hydrogen-bond donors (Lipinski definition) is 0. The molecule has 0 saturated carbocycles. The summed E-state index contributed by atoms with van der Waals surface area (Å²) >= 11 is 0. The molecule has 3 rings (SSSR count). The number of carbonyl (C=O) groups is 2. The lowest BCUT2D eigenvalue weighted by molar-refractivity contribution is -0.118. The number of anilines is 1. The topological polar surface area (TPSA) is 68.7 Å². The number of rotatable bonds is 8. The van der Waals surface area contributed by atoms with E-state index in [1.54, 1.807) is 35.4 Å². The predicted molar refractivity (Wildman–Crippen MR) is 139 cm³/mol. The summed E-state index contributed by atoms with van der Waals surface area (Å²) in [7, 11) is -0.604. The monoisotopic (exact) mass is 478 g/mol. The van der Waals surface area contributed by atoms with Gasteiger partial charge in [-0.15, -0.1) is 0 Å². The third-order valence-electron chi connectivity index (χ3n) is 6.52. The van der Waals surface area contributed by atoms with Crippen LogP contribution in [0, 0.1) is 0 Å². The van der Waals surface area contributed by atoms with Gasteiger partial charge in [-0.25, -0.2) is 4.79 Å². The quantitative estimate of drug-likeness (QED) is 0.310. The molecule has 34 heavy (non-hydrogen) atoms. The average molecular weight is 479 g/mol. The Hall–Kier alpha value is -3.03. The van der Waals surface area contributed by atoms with E-state index in [4.69, 9.17) is 9.16 Å². The van der Waals surface area contributed by atoms with Gasteiger partial charge >= 0.3 is 5.97 Å². The average Bonchev–Trinajstić information content (AvgIpc) is 2.80. The van der Waals surface area contributed by atoms with Crippen molar-refractivity contribution in [1.29, 1.82) is 0 Å². The van der Waals surface area contributed by atoms with Crippen molar-refractivity contribution in [2.24, 2.45) is 0 Å². The summed E-state index contributed by atoms with van der Waals surface area (Å²) in [5.74, 6) is -0.452. The lowest BCUT2D eigenvalue weighted by atomic mass is 10.1. The Bertz CT molecular complexity index is 1150. The van der Waals surface area contributed by atoms with Gasteiger partial charge in [0.2, 0.25) is 5.91 Å². The summed E-state index contributed by atoms with van der Waals surface area (Å²) in [6, 6.07) is 16.7. The molecule has 1 amide bonds. The Morgan fingerprint density at radius 1 is 1.00 bits per heavy atom. The number of pyridine rings is 1. The standard InChI is InChI=1S/C27H34N2O4Si/c1-27(2,3)34(5,6)33-18-17-29(23-11-7-9-21-10-8-16-28-25(21)23)24(30)19-20-12-14-22(15-13-20)26(31)32-4/h7-16H,17-19H2,1-6H3. The van der Waals surface area contributed by atoms with Crippen molar-refractivity contribution >= 4 is 36.8 Å². The van der Waals surface area contributed by atoms with Gasteiger partial charge in [-0.1, -0.05) is 51.1 Å². The first-order valence-corrected chi connectivity index (χ1v) is 14.4. The molecule has 0 aliphatic carbocycles. The third-order valence-corrected chi connectivity index (χ3v) is 11.1. The lowest BCUT2D eigenvalue weighted by Gasteiger charge is -2.37. The number of methoxy groups -OCH3 is 1. The molecular formula is C27H34N2O4Si. The molecule has 2 aromatic carbocycles. The van der Waals surface area contributed by atoms with Crippen LogP contribution >= 0.6 is 0 Å². The first-order valence-electron chi connectivity index (χ1n) is 11.5. The van der Waals surface area contributed by atoms with Gasteiger partial charge in [0.15, 0.2) is 8.32 Å². The molecule has 0 N–H and O–H groups in total. The summed E-state index contributed by atoms with van der Waals surface area (Å²) < 4.78 is 11.1. The van der Waals surface area contributed by atoms with Gasteiger partial charge in [0, 0.05) is 18.1 Å². The Kier molecular flexibility index (Phi) is 7.89. The van der Waals surface area contributed by atoms with E-state index < -0.39 is 14.3 Å². The number of amides is 1. The van der Waals surface area contributed by atoms with Gasteiger partial charge in [-0.05, 0) is 48.0 Å². The van der Waals surface area contributed by atoms with Crippen LogP contribution in [0.2, 0.25) is 18.1 Å². The van der Waals surface area contributed by atoms with E-state index in [0.29, 0.717) is 18.7 Å². The largest absolute Gasteiger partial charge is 0.465 e. The predicted octanol–water partition coefficient (Wildman–Crippen LogP) is 5.62. The van der Waals surface area contributed by atoms with Crippen LogP contribution in [0.3, 0.4) is 0 Å². The van der Waals surface area contributed by atoms with E-state index in [2.05, 4.69) is 38.8 Å². The molecule has 180 valence electrons. The number of hydrogen-bond acceptors (Lipinski definition) is 5.